The van der Waals surface area contributed by atoms with Crippen LogP contribution in [0.25, 0.3) is 0 Å². The summed E-state index contributed by atoms with van der Waals surface area (Å²) in [6, 6.07) is 14.2. The van der Waals surface area contributed by atoms with Gasteiger partial charge < -0.3 is 24.0 Å². The molecule has 2 aromatic carbocycles. The monoisotopic (exact) mass is 384 g/mol. The summed E-state index contributed by atoms with van der Waals surface area (Å²) in [5.41, 5.74) is 0.535. The van der Waals surface area contributed by atoms with E-state index in [-0.39, 0.29) is 18.4 Å². The fourth-order valence-electron chi connectivity index (χ4n) is 3.06. The van der Waals surface area contributed by atoms with Crippen LogP contribution in [0.15, 0.2) is 48.5 Å². The topological polar surface area (TPSA) is 68.3 Å². The summed E-state index contributed by atoms with van der Waals surface area (Å²) >= 11 is 0. The number of hydrogen-bond acceptors (Lipinski definition) is 5. The number of nitrogens with zero attached hydrogens (tertiary/aromatic N) is 2. The Morgan fingerprint density at radius 3 is 2.07 bits per heavy atom. The third-order valence-corrected chi connectivity index (χ3v) is 4.68. The third-order valence-electron chi connectivity index (χ3n) is 4.68. The molecule has 1 saturated heterocycles. The van der Waals surface area contributed by atoms with Crippen molar-refractivity contribution < 1.29 is 23.8 Å². The van der Waals surface area contributed by atoms with E-state index in [9.17, 15) is 9.59 Å². The van der Waals surface area contributed by atoms with E-state index in [0.717, 1.165) is 5.75 Å². The molecule has 3 rings (SSSR count). The molecular formula is C21H24N2O5. The Morgan fingerprint density at radius 1 is 0.821 bits per heavy atom. The second-order valence-corrected chi connectivity index (χ2v) is 6.34. The number of carbonyl (C=O) groups is 2. The van der Waals surface area contributed by atoms with Crippen LogP contribution >= 0.6 is 0 Å². The van der Waals surface area contributed by atoms with Crippen molar-refractivity contribution in [2.75, 3.05) is 47.0 Å². The van der Waals surface area contributed by atoms with Crippen LogP contribution < -0.4 is 14.2 Å². The van der Waals surface area contributed by atoms with Gasteiger partial charge in [-0.3, -0.25) is 9.59 Å². The fraction of sp³-hybridized carbons (Fsp3) is 0.333. The zero-order chi connectivity index (χ0) is 19.9. The Labute approximate surface area is 164 Å². The van der Waals surface area contributed by atoms with Crippen LogP contribution in [0.4, 0.5) is 0 Å². The highest BCUT2D eigenvalue weighted by atomic mass is 16.5. The van der Waals surface area contributed by atoms with Crippen LogP contribution in [0.2, 0.25) is 0 Å². The van der Waals surface area contributed by atoms with Crippen LogP contribution in [0, 0.1) is 0 Å². The Morgan fingerprint density at radius 2 is 1.43 bits per heavy atom. The zero-order valence-corrected chi connectivity index (χ0v) is 16.1. The van der Waals surface area contributed by atoms with Gasteiger partial charge in [-0.1, -0.05) is 12.1 Å². The van der Waals surface area contributed by atoms with Crippen molar-refractivity contribution in [1.82, 2.24) is 9.80 Å². The van der Waals surface area contributed by atoms with Crippen LogP contribution in [-0.4, -0.2) is 68.6 Å². The number of hydrogen-bond donors (Lipinski definition) is 0. The maximum absolute atomic E-state index is 12.7. The van der Waals surface area contributed by atoms with E-state index in [1.807, 2.05) is 12.1 Å². The molecule has 0 aromatic heterocycles. The van der Waals surface area contributed by atoms with Crippen LogP contribution in [0.1, 0.15) is 10.4 Å². The highest BCUT2D eigenvalue weighted by molar-refractivity contribution is 5.97. The second-order valence-electron chi connectivity index (χ2n) is 6.34. The first-order valence-electron chi connectivity index (χ1n) is 9.09. The molecule has 1 aliphatic rings. The molecule has 0 bridgehead atoms. The van der Waals surface area contributed by atoms with E-state index in [0.29, 0.717) is 43.2 Å². The molecule has 1 heterocycles. The van der Waals surface area contributed by atoms with Crippen molar-refractivity contribution in [3.63, 3.8) is 0 Å². The molecule has 0 atom stereocenters. The number of amides is 2. The molecule has 7 nitrogen and oxygen atoms in total. The summed E-state index contributed by atoms with van der Waals surface area (Å²) in [5, 5.41) is 0. The summed E-state index contributed by atoms with van der Waals surface area (Å²) in [7, 11) is 3.14. The van der Waals surface area contributed by atoms with Crippen molar-refractivity contribution >= 4 is 11.8 Å². The first-order valence-corrected chi connectivity index (χ1v) is 9.09. The SMILES string of the molecule is COc1ccc(OCC(=O)N2CCN(C(=O)c3ccccc3OC)CC2)cc1. The fourth-order valence-corrected chi connectivity index (χ4v) is 3.06. The molecule has 0 saturated carbocycles. The standard InChI is InChI=1S/C21H24N2O5/c1-26-16-7-9-17(10-8-16)28-15-20(24)22-11-13-23(14-12-22)21(25)18-5-3-4-6-19(18)27-2/h3-10H,11-15H2,1-2H3. The molecule has 7 heteroatoms. The van der Waals surface area contributed by atoms with Crippen molar-refractivity contribution in [1.29, 1.82) is 0 Å². The molecule has 2 amide bonds. The first-order chi connectivity index (χ1) is 13.6. The van der Waals surface area contributed by atoms with Gasteiger partial charge in [-0.05, 0) is 36.4 Å². The smallest absolute Gasteiger partial charge is 0.260 e. The molecule has 0 aliphatic carbocycles. The quantitative estimate of drug-likeness (QED) is 0.763. The highest BCUT2D eigenvalue weighted by Gasteiger charge is 2.26. The van der Waals surface area contributed by atoms with Gasteiger partial charge in [0.25, 0.3) is 11.8 Å². The first kappa shape index (κ1) is 19.5. The summed E-state index contributed by atoms with van der Waals surface area (Å²) in [6.45, 7) is 1.88. The van der Waals surface area contributed by atoms with Gasteiger partial charge in [0, 0.05) is 26.2 Å². The van der Waals surface area contributed by atoms with Gasteiger partial charge in [0.15, 0.2) is 6.61 Å². The Bertz CT molecular complexity index is 814. The van der Waals surface area contributed by atoms with Gasteiger partial charge >= 0.3 is 0 Å². The van der Waals surface area contributed by atoms with Crippen molar-refractivity contribution in [3.05, 3.63) is 54.1 Å². The van der Waals surface area contributed by atoms with E-state index in [4.69, 9.17) is 14.2 Å². The number of rotatable bonds is 6. The molecular weight excluding hydrogens is 360 g/mol. The predicted octanol–water partition coefficient (Wildman–Crippen LogP) is 2.07. The largest absolute Gasteiger partial charge is 0.497 e. The number of ether oxygens (including phenoxy) is 3. The lowest BCUT2D eigenvalue weighted by Crippen LogP contribution is -2.51. The van der Waals surface area contributed by atoms with Crippen molar-refractivity contribution in [2.45, 2.75) is 0 Å². The Hall–Kier alpha value is -3.22. The molecule has 0 N–H and O–H groups in total. The van der Waals surface area contributed by atoms with Gasteiger partial charge in [0.1, 0.15) is 17.2 Å². The maximum Gasteiger partial charge on any atom is 0.260 e. The van der Waals surface area contributed by atoms with Crippen LogP contribution in [0.3, 0.4) is 0 Å². The zero-order valence-electron chi connectivity index (χ0n) is 16.1. The molecule has 148 valence electrons. The second kappa shape index (κ2) is 9.12. The minimum absolute atomic E-state index is 0.0349. The molecule has 2 aromatic rings. The minimum Gasteiger partial charge on any atom is -0.497 e. The predicted molar refractivity (Wildman–Crippen MR) is 104 cm³/mol. The third kappa shape index (κ3) is 4.54. The summed E-state index contributed by atoms with van der Waals surface area (Å²) < 4.78 is 15.9. The number of benzene rings is 2. The summed E-state index contributed by atoms with van der Waals surface area (Å²) in [4.78, 5) is 28.6. The number of carbonyl (C=O) groups excluding carboxylic acids is 2. The summed E-state index contributed by atoms with van der Waals surface area (Å²) in [6.07, 6.45) is 0. The molecule has 0 unspecified atom stereocenters. The highest BCUT2D eigenvalue weighted by Crippen LogP contribution is 2.20. The Kier molecular flexibility index (Phi) is 6.37. The summed E-state index contributed by atoms with van der Waals surface area (Å²) in [5.74, 6) is 1.71. The lowest BCUT2D eigenvalue weighted by molar-refractivity contribution is -0.134. The van der Waals surface area contributed by atoms with E-state index < -0.39 is 0 Å². The lowest BCUT2D eigenvalue weighted by Gasteiger charge is -2.35. The maximum atomic E-state index is 12.7. The van der Waals surface area contributed by atoms with Crippen molar-refractivity contribution in [2.24, 2.45) is 0 Å². The van der Waals surface area contributed by atoms with Gasteiger partial charge in [0.2, 0.25) is 0 Å². The Balaban J connectivity index is 1.50. The van der Waals surface area contributed by atoms with Gasteiger partial charge in [0.05, 0.1) is 19.8 Å². The van der Waals surface area contributed by atoms with E-state index in [2.05, 4.69) is 0 Å². The van der Waals surface area contributed by atoms with Gasteiger partial charge in [-0.15, -0.1) is 0 Å². The molecule has 1 fully saturated rings. The van der Waals surface area contributed by atoms with Crippen molar-refractivity contribution in [3.8, 4) is 17.2 Å². The average Bonchev–Trinajstić information content (AvgIpc) is 2.77. The van der Waals surface area contributed by atoms with E-state index in [1.165, 1.54) is 0 Å². The van der Waals surface area contributed by atoms with E-state index in [1.54, 1.807) is 60.4 Å². The lowest BCUT2D eigenvalue weighted by atomic mass is 10.1. The molecule has 0 spiro atoms. The molecule has 1 aliphatic heterocycles. The number of para-hydroxylation sites is 1. The van der Waals surface area contributed by atoms with Crippen LogP contribution in [-0.2, 0) is 4.79 Å². The van der Waals surface area contributed by atoms with Crippen LogP contribution in [0.5, 0.6) is 17.2 Å². The average molecular weight is 384 g/mol. The van der Waals surface area contributed by atoms with Gasteiger partial charge in [-0.25, -0.2) is 0 Å². The normalized spacial score (nSPS) is 13.8. The minimum atomic E-state index is -0.0970. The van der Waals surface area contributed by atoms with E-state index >= 15 is 0 Å². The molecule has 0 radical (unpaired) electrons. The van der Waals surface area contributed by atoms with Gasteiger partial charge in [-0.2, -0.15) is 0 Å². The molecule has 28 heavy (non-hydrogen) atoms. The number of methoxy groups -OCH3 is 2. The number of piperazine rings is 1.